The lowest BCUT2D eigenvalue weighted by atomic mass is 10.1. The molecule has 1 atom stereocenters. The van der Waals surface area contributed by atoms with Crippen LogP contribution in [-0.2, 0) is 14.8 Å². The van der Waals surface area contributed by atoms with E-state index in [4.69, 9.17) is 11.6 Å². The summed E-state index contributed by atoms with van der Waals surface area (Å²) in [6, 6.07) is 17.7. The van der Waals surface area contributed by atoms with Crippen LogP contribution in [-0.4, -0.2) is 64.8 Å². The van der Waals surface area contributed by atoms with Crippen molar-refractivity contribution >= 4 is 44.3 Å². The molecule has 1 aliphatic heterocycles. The summed E-state index contributed by atoms with van der Waals surface area (Å²) < 4.78 is 29.6. The zero-order valence-electron chi connectivity index (χ0n) is 19.9. The first-order valence-electron chi connectivity index (χ1n) is 11.7. The Hall–Kier alpha value is -3.99. The Kier molecular flexibility index (Phi) is 6.78. The van der Waals surface area contributed by atoms with Crippen molar-refractivity contribution < 1.29 is 23.1 Å². The van der Waals surface area contributed by atoms with Crippen molar-refractivity contribution in [1.29, 1.82) is 0 Å². The van der Waals surface area contributed by atoms with Gasteiger partial charge in [0.1, 0.15) is 6.04 Å². The van der Waals surface area contributed by atoms with Crippen LogP contribution in [0.25, 0.3) is 16.5 Å². The molecule has 194 valence electrons. The molecule has 38 heavy (non-hydrogen) atoms. The smallest absolute Gasteiger partial charge is 0.327 e. The molecule has 1 saturated heterocycles. The number of hydrogen-bond acceptors (Lipinski definition) is 5. The molecule has 2 heterocycles. The van der Waals surface area contributed by atoms with E-state index in [1.807, 2.05) is 0 Å². The molecular formula is C27H22ClN3O6S. The number of carbonyl (C=O) groups excluding carboxylic acids is 1. The van der Waals surface area contributed by atoms with Gasteiger partial charge in [-0.2, -0.15) is 4.31 Å². The number of rotatable bonds is 5. The Morgan fingerprint density at radius 1 is 0.868 bits per heavy atom. The molecule has 1 aliphatic rings. The number of fused-ring (bicyclic) bond motifs is 1. The first kappa shape index (κ1) is 25.7. The topological polar surface area (TPSA) is 117 Å². The van der Waals surface area contributed by atoms with Crippen molar-refractivity contribution in [3.8, 4) is 5.69 Å². The number of sulfonamides is 1. The molecule has 1 aromatic heterocycles. The summed E-state index contributed by atoms with van der Waals surface area (Å²) in [7, 11) is -4.01. The monoisotopic (exact) mass is 551 g/mol. The van der Waals surface area contributed by atoms with Gasteiger partial charge in [-0.3, -0.25) is 9.59 Å². The van der Waals surface area contributed by atoms with E-state index >= 15 is 0 Å². The maximum atomic E-state index is 13.4. The third-order valence-corrected chi connectivity index (χ3v) is 8.61. The summed E-state index contributed by atoms with van der Waals surface area (Å²) in [4.78, 5) is 37.9. The van der Waals surface area contributed by atoms with E-state index in [2.05, 4.69) is 0 Å². The van der Waals surface area contributed by atoms with E-state index in [0.717, 1.165) is 9.69 Å². The lowest BCUT2D eigenvalue weighted by Gasteiger charge is -2.38. The zero-order valence-corrected chi connectivity index (χ0v) is 21.5. The van der Waals surface area contributed by atoms with Crippen LogP contribution in [0.4, 0.5) is 0 Å². The number of amides is 1. The molecule has 3 aromatic carbocycles. The maximum Gasteiger partial charge on any atom is 0.327 e. The molecule has 1 unspecified atom stereocenters. The van der Waals surface area contributed by atoms with Gasteiger partial charge in [0.05, 0.1) is 4.90 Å². The molecule has 0 saturated carbocycles. The molecule has 5 rings (SSSR count). The predicted octanol–water partition coefficient (Wildman–Crippen LogP) is 3.24. The number of carboxylic acid groups (broad SMARTS) is 1. The minimum atomic E-state index is -4.01. The summed E-state index contributed by atoms with van der Waals surface area (Å²) in [6.45, 7) is -0.511. The second kappa shape index (κ2) is 10.1. The molecule has 0 radical (unpaired) electrons. The number of nitrogens with zero attached hydrogens (tertiary/aromatic N) is 3. The molecule has 1 N–H and O–H groups in total. The van der Waals surface area contributed by atoms with Gasteiger partial charge in [0, 0.05) is 60.4 Å². The summed E-state index contributed by atoms with van der Waals surface area (Å²) in [5.41, 5.74) is 0.856. The number of halogens is 1. The van der Waals surface area contributed by atoms with Crippen LogP contribution in [0, 0.1) is 0 Å². The maximum absolute atomic E-state index is 13.4. The van der Waals surface area contributed by atoms with Gasteiger partial charge in [0.15, 0.2) is 5.43 Å². The van der Waals surface area contributed by atoms with Crippen LogP contribution in [0.5, 0.6) is 0 Å². The Labute approximate surface area is 223 Å². The van der Waals surface area contributed by atoms with Crippen molar-refractivity contribution in [3.05, 3.63) is 106 Å². The van der Waals surface area contributed by atoms with Gasteiger partial charge in [-0.15, -0.1) is 0 Å². The van der Waals surface area contributed by atoms with Gasteiger partial charge in [-0.25, -0.2) is 13.2 Å². The van der Waals surface area contributed by atoms with Crippen LogP contribution in [0.1, 0.15) is 10.4 Å². The van der Waals surface area contributed by atoms with Crippen LogP contribution in [0.15, 0.2) is 94.9 Å². The van der Waals surface area contributed by atoms with Crippen LogP contribution < -0.4 is 5.43 Å². The number of hydrogen-bond donors (Lipinski definition) is 1. The third-order valence-electron chi connectivity index (χ3n) is 6.51. The number of aromatic nitrogens is 1. The number of carbonyl (C=O) groups is 2. The highest BCUT2D eigenvalue weighted by molar-refractivity contribution is 7.89. The summed E-state index contributed by atoms with van der Waals surface area (Å²) >= 11 is 6.01. The molecule has 0 aliphatic carbocycles. The SMILES string of the molecule is O=C(O)C1CN(S(=O)(=O)c2ccc3cc(Cl)ccc3c2)CCN1C(=O)c1ccc(-n2ccc(=O)cc2)cc1. The molecule has 1 fully saturated rings. The zero-order chi connectivity index (χ0) is 27.0. The second-order valence-electron chi connectivity index (χ2n) is 8.86. The van der Waals surface area contributed by atoms with Crippen molar-refractivity contribution in [1.82, 2.24) is 13.8 Å². The van der Waals surface area contributed by atoms with Gasteiger partial charge in [0.25, 0.3) is 5.91 Å². The molecule has 0 spiro atoms. The van der Waals surface area contributed by atoms with Gasteiger partial charge < -0.3 is 14.6 Å². The van der Waals surface area contributed by atoms with Crippen molar-refractivity contribution in [2.24, 2.45) is 0 Å². The highest BCUT2D eigenvalue weighted by Crippen LogP contribution is 2.26. The van der Waals surface area contributed by atoms with Gasteiger partial charge in [-0.05, 0) is 59.3 Å². The van der Waals surface area contributed by atoms with E-state index in [1.54, 1.807) is 65.5 Å². The molecular weight excluding hydrogens is 530 g/mol. The second-order valence-corrected chi connectivity index (χ2v) is 11.2. The third kappa shape index (κ3) is 4.93. The summed E-state index contributed by atoms with van der Waals surface area (Å²) in [6.07, 6.45) is 3.20. The Morgan fingerprint density at radius 3 is 2.21 bits per heavy atom. The van der Waals surface area contributed by atoms with E-state index in [-0.39, 0.29) is 35.5 Å². The Morgan fingerprint density at radius 2 is 1.53 bits per heavy atom. The van der Waals surface area contributed by atoms with E-state index in [1.165, 1.54) is 29.2 Å². The summed E-state index contributed by atoms with van der Waals surface area (Å²) in [5, 5.41) is 11.9. The lowest BCUT2D eigenvalue weighted by Crippen LogP contribution is -2.59. The fourth-order valence-electron chi connectivity index (χ4n) is 4.46. The average Bonchev–Trinajstić information content (AvgIpc) is 2.92. The molecule has 9 nitrogen and oxygen atoms in total. The number of pyridine rings is 1. The minimum absolute atomic E-state index is 0.0364. The molecule has 4 aromatic rings. The average molecular weight is 552 g/mol. The van der Waals surface area contributed by atoms with E-state index in [0.29, 0.717) is 16.1 Å². The summed E-state index contributed by atoms with van der Waals surface area (Å²) in [5.74, 6) is -1.81. The number of aliphatic carboxylic acids is 1. The van der Waals surface area contributed by atoms with Crippen LogP contribution in [0.3, 0.4) is 0 Å². The predicted molar refractivity (Wildman–Crippen MR) is 142 cm³/mol. The number of carboxylic acids is 1. The van der Waals surface area contributed by atoms with Crippen LogP contribution >= 0.6 is 11.6 Å². The standard InChI is InChI=1S/C27H22ClN3O6S/c28-21-5-1-20-16-24(8-4-19(20)15-21)38(36,37)30-13-14-31(25(17-30)27(34)35)26(33)18-2-6-22(7-3-18)29-11-9-23(32)10-12-29/h1-12,15-16,25H,13-14,17H2,(H,34,35). The van der Waals surface area contributed by atoms with Crippen molar-refractivity contribution in [2.45, 2.75) is 10.9 Å². The Balaban J connectivity index is 1.36. The number of piperazine rings is 1. The lowest BCUT2D eigenvalue weighted by molar-refractivity contribution is -0.143. The van der Waals surface area contributed by atoms with Gasteiger partial charge >= 0.3 is 5.97 Å². The highest BCUT2D eigenvalue weighted by atomic mass is 35.5. The first-order chi connectivity index (χ1) is 18.1. The quantitative estimate of drug-likeness (QED) is 0.407. The van der Waals surface area contributed by atoms with Crippen molar-refractivity contribution in [3.63, 3.8) is 0 Å². The minimum Gasteiger partial charge on any atom is -0.480 e. The normalized spacial score (nSPS) is 16.4. The largest absolute Gasteiger partial charge is 0.480 e. The fraction of sp³-hybridized carbons (Fsp3) is 0.148. The first-order valence-corrected chi connectivity index (χ1v) is 13.5. The van der Waals surface area contributed by atoms with Crippen molar-refractivity contribution in [2.75, 3.05) is 19.6 Å². The molecule has 1 amide bonds. The van der Waals surface area contributed by atoms with Crippen LogP contribution in [0.2, 0.25) is 5.02 Å². The number of benzene rings is 3. The Bertz CT molecular complexity index is 1700. The van der Waals surface area contributed by atoms with Gasteiger partial charge in [-0.1, -0.05) is 23.7 Å². The van der Waals surface area contributed by atoms with E-state index in [9.17, 15) is 27.9 Å². The van der Waals surface area contributed by atoms with E-state index < -0.39 is 27.9 Å². The van der Waals surface area contributed by atoms with Gasteiger partial charge in [0.2, 0.25) is 10.0 Å². The highest BCUT2D eigenvalue weighted by Gasteiger charge is 2.40. The molecule has 11 heteroatoms. The fourth-order valence-corrected chi connectivity index (χ4v) is 6.12. The molecule has 0 bridgehead atoms.